The van der Waals surface area contributed by atoms with Crippen molar-refractivity contribution in [1.82, 2.24) is 9.97 Å². The minimum atomic E-state index is -0.520. The summed E-state index contributed by atoms with van der Waals surface area (Å²) >= 11 is 0. The first-order valence-corrected chi connectivity index (χ1v) is 8.25. The number of hydrogen-bond acceptors (Lipinski definition) is 7. The van der Waals surface area contributed by atoms with Crippen LogP contribution in [-0.2, 0) is 9.47 Å². The minimum Gasteiger partial charge on any atom is -0.465 e. The lowest BCUT2D eigenvalue weighted by molar-refractivity contribution is 0.0602. The van der Waals surface area contributed by atoms with Gasteiger partial charge in [0.05, 0.1) is 31.6 Å². The first kappa shape index (κ1) is 17.8. The Hall–Kier alpha value is -3.00. The Labute approximate surface area is 151 Å². The Kier molecular flexibility index (Phi) is 5.43. The fourth-order valence-corrected chi connectivity index (χ4v) is 2.64. The number of carbonyl (C=O) groups excluding carboxylic acids is 2. The van der Waals surface area contributed by atoms with Crippen molar-refractivity contribution in [3.8, 4) is 0 Å². The predicted octanol–water partition coefficient (Wildman–Crippen LogP) is 1.66. The number of ether oxygens (including phenoxy) is 2. The second-order valence-corrected chi connectivity index (χ2v) is 5.79. The van der Waals surface area contributed by atoms with Crippen LogP contribution < -0.4 is 10.2 Å². The number of esters is 1. The van der Waals surface area contributed by atoms with Gasteiger partial charge in [-0.2, -0.15) is 0 Å². The van der Waals surface area contributed by atoms with Gasteiger partial charge in [-0.3, -0.25) is 4.79 Å². The van der Waals surface area contributed by atoms with E-state index in [0.29, 0.717) is 43.6 Å². The lowest BCUT2D eigenvalue weighted by atomic mass is 10.1. The number of nitrogens with one attached hydrogen (secondary N) is 1. The van der Waals surface area contributed by atoms with Crippen LogP contribution in [-0.4, -0.2) is 55.3 Å². The van der Waals surface area contributed by atoms with E-state index in [1.54, 1.807) is 30.3 Å². The molecule has 3 rings (SSSR count). The first-order chi connectivity index (χ1) is 12.6. The van der Waals surface area contributed by atoms with Gasteiger partial charge in [-0.25, -0.2) is 14.8 Å². The Morgan fingerprint density at radius 3 is 2.65 bits per heavy atom. The third-order valence-electron chi connectivity index (χ3n) is 3.95. The van der Waals surface area contributed by atoms with Gasteiger partial charge in [0, 0.05) is 18.8 Å². The number of benzene rings is 1. The highest BCUT2D eigenvalue weighted by molar-refractivity contribution is 6.07. The van der Waals surface area contributed by atoms with Crippen molar-refractivity contribution in [2.75, 3.05) is 43.6 Å². The summed E-state index contributed by atoms with van der Waals surface area (Å²) in [6.07, 6.45) is 0. The van der Waals surface area contributed by atoms with E-state index in [9.17, 15) is 9.59 Å². The number of anilines is 2. The molecule has 1 saturated heterocycles. The van der Waals surface area contributed by atoms with E-state index in [-0.39, 0.29) is 11.3 Å². The molecule has 1 N–H and O–H groups in total. The van der Waals surface area contributed by atoms with Crippen LogP contribution in [0.5, 0.6) is 0 Å². The molecule has 26 heavy (non-hydrogen) atoms. The normalized spacial score (nSPS) is 14.0. The molecule has 1 aliphatic rings. The summed E-state index contributed by atoms with van der Waals surface area (Å²) in [5, 5.41) is 2.73. The molecule has 1 aliphatic heterocycles. The van der Waals surface area contributed by atoms with Crippen LogP contribution in [0.3, 0.4) is 0 Å². The number of carbonyl (C=O) groups is 2. The Balaban J connectivity index is 1.84. The average Bonchev–Trinajstić information content (AvgIpc) is 2.68. The van der Waals surface area contributed by atoms with E-state index in [1.807, 2.05) is 11.8 Å². The van der Waals surface area contributed by atoms with Crippen LogP contribution in [0.25, 0.3) is 0 Å². The van der Waals surface area contributed by atoms with E-state index < -0.39 is 11.9 Å². The minimum absolute atomic E-state index is 0.235. The topological polar surface area (TPSA) is 93.6 Å². The molecular formula is C18H20N4O4. The lowest BCUT2D eigenvalue weighted by Gasteiger charge is -2.27. The Morgan fingerprint density at radius 1 is 1.19 bits per heavy atom. The molecule has 0 aliphatic carbocycles. The summed E-state index contributed by atoms with van der Waals surface area (Å²) in [7, 11) is 1.29. The molecule has 0 bridgehead atoms. The van der Waals surface area contributed by atoms with E-state index in [2.05, 4.69) is 15.3 Å². The molecular weight excluding hydrogens is 336 g/mol. The predicted molar refractivity (Wildman–Crippen MR) is 95.5 cm³/mol. The van der Waals surface area contributed by atoms with Gasteiger partial charge in [0.15, 0.2) is 0 Å². The number of morpholine rings is 1. The van der Waals surface area contributed by atoms with Crippen LogP contribution in [0.1, 0.15) is 26.5 Å². The number of methoxy groups -OCH3 is 1. The van der Waals surface area contributed by atoms with Crippen molar-refractivity contribution in [2.45, 2.75) is 6.92 Å². The van der Waals surface area contributed by atoms with Crippen molar-refractivity contribution in [3.05, 3.63) is 47.3 Å². The Morgan fingerprint density at radius 2 is 1.92 bits per heavy atom. The van der Waals surface area contributed by atoms with E-state index in [0.717, 1.165) is 0 Å². The molecule has 0 spiro atoms. The third-order valence-corrected chi connectivity index (χ3v) is 3.95. The van der Waals surface area contributed by atoms with Crippen LogP contribution >= 0.6 is 0 Å². The molecule has 1 aromatic carbocycles. The van der Waals surface area contributed by atoms with Gasteiger partial charge in [-0.05, 0) is 25.1 Å². The van der Waals surface area contributed by atoms with Gasteiger partial charge < -0.3 is 19.7 Å². The molecule has 0 radical (unpaired) electrons. The maximum absolute atomic E-state index is 12.7. The quantitative estimate of drug-likeness (QED) is 0.833. The molecule has 0 atom stereocenters. The summed E-state index contributed by atoms with van der Waals surface area (Å²) in [6.45, 7) is 4.37. The highest BCUT2D eigenvalue weighted by Crippen LogP contribution is 2.18. The molecule has 0 unspecified atom stereocenters. The second-order valence-electron chi connectivity index (χ2n) is 5.79. The van der Waals surface area contributed by atoms with E-state index in [4.69, 9.17) is 9.47 Å². The molecule has 2 heterocycles. The highest BCUT2D eigenvalue weighted by atomic mass is 16.5. The van der Waals surface area contributed by atoms with Crippen molar-refractivity contribution in [3.63, 3.8) is 0 Å². The zero-order valence-electron chi connectivity index (χ0n) is 14.7. The fourth-order valence-electron chi connectivity index (χ4n) is 2.64. The lowest BCUT2D eigenvalue weighted by Crippen LogP contribution is -2.37. The summed E-state index contributed by atoms with van der Waals surface area (Å²) in [4.78, 5) is 35.3. The number of para-hydroxylation sites is 1. The number of hydrogen-bond donors (Lipinski definition) is 1. The monoisotopic (exact) mass is 356 g/mol. The third kappa shape index (κ3) is 3.97. The van der Waals surface area contributed by atoms with E-state index >= 15 is 0 Å². The number of aromatic nitrogens is 2. The molecule has 0 saturated carbocycles. The molecule has 1 aromatic heterocycles. The molecule has 1 amide bonds. The van der Waals surface area contributed by atoms with Gasteiger partial charge in [0.1, 0.15) is 5.69 Å². The number of amides is 1. The van der Waals surface area contributed by atoms with Crippen LogP contribution in [0.4, 0.5) is 11.6 Å². The fraction of sp³-hybridized carbons (Fsp3) is 0.333. The molecule has 8 heteroatoms. The maximum atomic E-state index is 12.7. The largest absolute Gasteiger partial charge is 0.465 e. The standard InChI is InChI=1S/C18H20N4O4/c1-12-11-15(21-18(19-12)22-7-9-26-10-8-22)16(23)20-14-6-4-3-5-13(14)17(24)25-2/h3-6,11H,7-10H2,1-2H3,(H,20,23). The van der Waals surface area contributed by atoms with Gasteiger partial charge in [0.25, 0.3) is 5.91 Å². The average molecular weight is 356 g/mol. The maximum Gasteiger partial charge on any atom is 0.339 e. The Bertz CT molecular complexity index is 819. The molecule has 136 valence electrons. The smallest absolute Gasteiger partial charge is 0.339 e. The second kappa shape index (κ2) is 7.92. The first-order valence-electron chi connectivity index (χ1n) is 8.25. The summed E-state index contributed by atoms with van der Waals surface area (Å²) in [6, 6.07) is 8.27. The summed E-state index contributed by atoms with van der Waals surface area (Å²) in [5.41, 5.74) is 1.57. The zero-order chi connectivity index (χ0) is 18.5. The van der Waals surface area contributed by atoms with Gasteiger partial charge in [-0.1, -0.05) is 12.1 Å². The van der Waals surface area contributed by atoms with Gasteiger partial charge >= 0.3 is 5.97 Å². The van der Waals surface area contributed by atoms with Crippen molar-refractivity contribution in [1.29, 1.82) is 0 Å². The SMILES string of the molecule is COC(=O)c1ccccc1NC(=O)c1cc(C)nc(N2CCOCC2)n1. The molecule has 2 aromatic rings. The molecule has 8 nitrogen and oxygen atoms in total. The van der Waals surface area contributed by atoms with Gasteiger partial charge in [0.2, 0.25) is 5.95 Å². The van der Waals surface area contributed by atoms with Crippen molar-refractivity contribution < 1.29 is 19.1 Å². The van der Waals surface area contributed by atoms with Crippen molar-refractivity contribution >= 4 is 23.5 Å². The zero-order valence-corrected chi connectivity index (χ0v) is 14.7. The highest BCUT2D eigenvalue weighted by Gasteiger charge is 2.19. The summed E-state index contributed by atoms with van der Waals surface area (Å²) < 4.78 is 10.1. The van der Waals surface area contributed by atoms with Crippen LogP contribution in [0, 0.1) is 6.92 Å². The van der Waals surface area contributed by atoms with Gasteiger partial charge in [-0.15, -0.1) is 0 Å². The summed E-state index contributed by atoms with van der Waals surface area (Å²) in [5.74, 6) is -0.435. The number of nitrogens with zero attached hydrogens (tertiary/aromatic N) is 3. The van der Waals surface area contributed by atoms with Crippen molar-refractivity contribution in [2.24, 2.45) is 0 Å². The number of rotatable bonds is 4. The number of aryl methyl sites for hydroxylation is 1. The molecule has 1 fully saturated rings. The van der Waals surface area contributed by atoms with E-state index in [1.165, 1.54) is 7.11 Å². The van der Waals surface area contributed by atoms with Crippen LogP contribution in [0.15, 0.2) is 30.3 Å². The van der Waals surface area contributed by atoms with Crippen LogP contribution in [0.2, 0.25) is 0 Å².